The van der Waals surface area contributed by atoms with Crippen molar-refractivity contribution in [2.75, 3.05) is 19.3 Å². The molecule has 16 heavy (non-hydrogen) atoms. The van der Waals surface area contributed by atoms with Gasteiger partial charge in [0.1, 0.15) is 5.82 Å². The fourth-order valence-electron chi connectivity index (χ4n) is 2.30. The zero-order valence-corrected chi connectivity index (χ0v) is 10.4. The maximum Gasteiger partial charge on any atom is 0.123 e. The number of nitrogens with one attached hydrogen (secondary N) is 1. The monoisotopic (exact) mass is 239 g/mol. The second kappa shape index (κ2) is 5.69. The van der Waals surface area contributed by atoms with Crippen molar-refractivity contribution in [3.8, 4) is 0 Å². The van der Waals surface area contributed by atoms with E-state index in [0.29, 0.717) is 5.92 Å². The Labute approximate surface area is 101 Å². The summed E-state index contributed by atoms with van der Waals surface area (Å²) >= 11 is 1.71. The van der Waals surface area contributed by atoms with Crippen molar-refractivity contribution in [2.45, 2.75) is 24.2 Å². The Balaban J connectivity index is 2.09. The lowest BCUT2D eigenvalue weighted by molar-refractivity contribution is 0.371. The molecule has 1 saturated heterocycles. The molecule has 1 aliphatic heterocycles. The summed E-state index contributed by atoms with van der Waals surface area (Å²) in [4.78, 5) is 1.22. The van der Waals surface area contributed by atoms with Crippen LogP contribution in [0.2, 0.25) is 0 Å². The van der Waals surface area contributed by atoms with Crippen LogP contribution in [-0.2, 0) is 6.42 Å². The van der Waals surface area contributed by atoms with Gasteiger partial charge < -0.3 is 5.32 Å². The van der Waals surface area contributed by atoms with Crippen LogP contribution in [0.1, 0.15) is 18.4 Å². The molecule has 1 aliphatic rings. The van der Waals surface area contributed by atoms with Gasteiger partial charge in [-0.15, -0.1) is 11.8 Å². The fourth-order valence-corrected chi connectivity index (χ4v) is 2.91. The van der Waals surface area contributed by atoms with Crippen LogP contribution in [0.15, 0.2) is 23.1 Å². The molecule has 1 heterocycles. The molecule has 88 valence electrons. The van der Waals surface area contributed by atoms with Crippen LogP contribution in [0.3, 0.4) is 0 Å². The molecule has 1 N–H and O–H groups in total. The van der Waals surface area contributed by atoms with Gasteiger partial charge in [-0.05, 0) is 68.3 Å². The van der Waals surface area contributed by atoms with Crippen LogP contribution >= 0.6 is 11.8 Å². The molecule has 0 unspecified atom stereocenters. The van der Waals surface area contributed by atoms with Gasteiger partial charge in [-0.3, -0.25) is 0 Å². The van der Waals surface area contributed by atoms with E-state index in [9.17, 15) is 4.39 Å². The highest BCUT2D eigenvalue weighted by Gasteiger charge is 2.15. The van der Waals surface area contributed by atoms with Crippen molar-refractivity contribution in [1.29, 1.82) is 0 Å². The molecule has 1 aromatic carbocycles. The number of hydrogen-bond acceptors (Lipinski definition) is 2. The lowest BCUT2D eigenvalue weighted by Gasteiger charge is -2.23. The van der Waals surface area contributed by atoms with Crippen LogP contribution in [0.5, 0.6) is 0 Å². The Bertz CT molecular complexity index is 348. The highest BCUT2D eigenvalue weighted by Crippen LogP contribution is 2.26. The van der Waals surface area contributed by atoms with E-state index in [1.807, 2.05) is 6.07 Å². The summed E-state index contributed by atoms with van der Waals surface area (Å²) < 4.78 is 13.2. The second-order valence-electron chi connectivity index (χ2n) is 4.35. The van der Waals surface area contributed by atoms with Crippen molar-refractivity contribution in [3.63, 3.8) is 0 Å². The number of piperidine rings is 1. The molecule has 0 spiro atoms. The van der Waals surface area contributed by atoms with Crippen molar-refractivity contribution >= 4 is 11.8 Å². The Morgan fingerprint density at radius 1 is 1.38 bits per heavy atom. The predicted molar refractivity (Wildman–Crippen MR) is 67.5 cm³/mol. The maximum absolute atomic E-state index is 13.2. The van der Waals surface area contributed by atoms with Crippen molar-refractivity contribution in [3.05, 3.63) is 29.6 Å². The van der Waals surface area contributed by atoms with Gasteiger partial charge in [-0.1, -0.05) is 0 Å². The summed E-state index contributed by atoms with van der Waals surface area (Å²) in [6.07, 6.45) is 5.50. The molecule has 0 saturated carbocycles. The Morgan fingerprint density at radius 3 is 2.81 bits per heavy atom. The van der Waals surface area contributed by atoms with Crippen LogP contribution in [0.4, 0.5) is 4.39 Å². The quantitative estimate of drug-likeness (QED) is 0.814. The highest BCUT2D eigenvalue weighted by molar-refractivity contribution is 7.98. The van der Waals surface area contributed by atoms with Gasteiger partial charge in [-0.25, -0.2) is 4.39 Å². The van der Waals surface area contributed by atoms with Gasteiger partial charge in [0.15, 0.2) is 0 Å². The summed E-state index contributed by atoms with van der Waals surface area (Å²) in [5.41, 5.74) is 1.18. The van der Waals surface area contributed by atoms with Crippen molar-refractivity contribution in [1.82, 2.24) is 5.32 Å². The molecular formula is C13H18FNS. The minimum absolute atomic E-state index is 0.110. The molecule has 0 amide bonds. The van der Waals surface area contributed by atoms with Gasteiger partial charge in [0.25, 0.3) is 0 Å². The molecule has 0 aliphatic carbocycles. The van der Waals surface area contributed by atoms with E-state index in [1.165, 1.54) is 23.3 Å². The van der Waals surface area contributed by atoms with E-state index in [1.54, 1.807) is 23.9 Å². The van der Waals surface area contributed by atoms with Gasteiger partial charge in [0.2, 0.25) is 0 Å². The zero-order valence-electron chi connectivity index (χ0n) is 9.63. The average molecular weight is 239 g/mol. The summed E-state index contributed by atoms with van der Waals surface area (Å²) in [7, 11) is 0. The van der Waals surface area contributed by atoms with Crippen molar-refractivity contribution < 1.29 is 4.39 Å². The van der Waals surface area contributed by atoms with E-state index in [2.05, 4.69) is 11.6 Å². The third-order valence-electron chi connectivity index (χ3n) is 3.21. The van der Waals surface area contributed by atoms with Crippen LogP contribution in [-0.4, -0.2) is 19.3 Å². The lowest BCUT2D eigenvalue weighted by Crippen LogP contribution is -2.28. The van der Waals surface area contributed by atoms with Gasteiger partial charge in [-0.2, -0.15) is 0 Å². The number of rotatable bonds is 3. The summed E-state index contributed by atoms with van der Waals surface area (Å²) in [6.45, 7) is 2.21. The standard InChI is InChI=1S/C13H18FNS/c1-16-13-3-2-12(14)9-11(13)8-10-4-6-15-7-5-10/h2-3,9-10,15H,4-8H2,1H3. The van der Waals surface area contributed by atoms with E-state index in [4.69, 9.17) is 0 Å². The average Bonchev–Trinajstić information content (AvgIpc) is 2.31. The number of thioether (sulfide) groups is 1. The van der Waals surface area contributed by atoms with Gasteiger partial charge >= 0.3 is 0 Å². The zero-order chi connectivity index (χ0) is 11.4. The fraction of sp³-hybridized carbons (Fsp3) is 0.538. The van der Waals surface area contributed by atoms with Crippen LogP contribution in [0, 0.1) is 11.7 Å². The first-order valence-corrected chi connectivity index (χ1v) is 7.05. The predicted octanol–water partition coefficient (Wildman–Crippen LogP) is 3.09. The lowest BCUT2D eigenvalue weighted by atomic mass is 9.91. The third-order valence-corrected chi connectivity index (χ3v) is 4.05. The Kier molecular flexibility index (Phi) is 4.24. The van der Waals surface area contributed by atoms with Crippen LogP contribution < -0.4 is 5.32 Å². The molecular weight excluding hydrogens is 221 g/mol. The minimum Gasteiger partial charge on any atom is -0.317 e. The summed E-state index contributed by atoms with van der Waals surface area (Å²) in [5.74, 6) is 0.607. The number of halogens is 1. The van der Waals surface area contributed by atoms with Gasteiger partial charge in [0, 0.05) is 4.90 Å². The SMILES string of the molecule is CSc1ccc(F)cc1CC1CCNCC1. The van der Waals surface area contributed by atoms with E-state index in [0.717, 1.165) is 19.5 Å². The molecule has 2 rings (SSSR count). The first-order valence-electron chi connectivity index (χ1n) is 5.82. The Morgan fingerprint density at radius 2 is 2.12 bits per heavy atom. The topological polar surface area (TPSA) is 12.0 Å². The molecule has 1 aromatic rings. The van der Waals surface area contributed by atoms with Crippen LogP contribution in [0.25, 0.3) is 0 Å². The third kappa shape index (κ3) is 2.98. The largest absolute Gasteiger partial charge is 0.317 e. The normalized spacial score (nSPS) is 17.6. The van der Waals surface area contributed by atoms with E-state index in [-0.39, 0.29) is 5.82 Å². The highest BCUT2D eigenvalue weighted by atomic mass is 32.2. The molecule has 0 bridgehead atoms. The molecule has 1 fully saturated rings. The van der Waals surface area contributed by atoms with E-state index >= 15 is 0 Å². The number of hydrogen-bond donors (Lipinski definition) is 1. The summed E-state index contributed by atoms with van der Waals surface area (Å²) in [5, 5.41) is 3.36. The first-order chi connectivity index (χ1) is 7.79. The second-order valence-corrected chi connectivity index (χ2v) is 5.20. The molecule has 0 radical (unpaired) electrons. The molecule has 0 aromatic heterocycles. The molecule has 0 atom stereocenters. The van der Waals surface area contributed by atoms with E-state index < -0.39 is 0 Å². The summed E-state index contributed by atoms with van der Waals surface area (Å²) in [6, 6.07) is 5.15. The Hall–Kier alpha value is -0.540. The molecule has 1 nitrogen and oxygen atoms in total. The smallest absolute Gasteiger partial charge is 0.123 e. The molecule has 3 heteroatoms. The minimum atomic E-state index is -0.110. The van der Waals surface area contributed by atoms with Gasteiger partial charge in [0.05, 0.1) is 0 Å². The number of benzene rings is 1. The maximum atomic E-state index is 13.2. The first kappa shape index (κ1) is 11.9. The van der Waals surface area contributed by atoms with Crippen molar-refractivity contribution in [2.24, 2.45) is 5.92 Å².